The summed E-state index contributed by atoms with van der Waals surface area (Å²) in [6.45, 7) is 3.93. The SMILES string of the molecule is CCn1ncc(C(=O)c2ccc3c(c2C)OCCS3(=O)=O)c1O. The molecule has 1 aromatic carbocycles. The van der Waals surface area contributed by atoms with Gasteiger partial charge in [-0.3, -0.25) is 4.79 Å². The zero-order valence-corrected chi connectivity index (χ0v) is 13.6. The van der Waals surface area contributed by atoms with Crippen molar-refractivity contribution in [3.05, 3.63) is 35.0 Å². The van der Waals surface area contributed by atoms with E-state index < -0.39 is 15.6 Å². The zero-order chi connectivity index (χ0) is 16.8. The van der Waals surface area contributed by atoms with Gasteiger partial charge in [0.1, 0.15) is 22.8 Å². The molecular weight excluding hydrogens is 320 g/mol. The van der Waals surface area contributed by atoms with Gasteiger partial charge < -0.3 is 9.84 Å². The Kier molecular flexibility index (Phi) is 3.63. The summed E-state index contributed by atoms with van der Waals surface area (Å²) < 4.78 is 30.9. The molecule has 0 spiro atoms. The van der Waals surface area contributed by atoms with Crippen molar-refractivity contribution in [3.8, 4) is 11.6 Å². The largest absolute Gasteiger partial charge is 0.493 e. The van der Waals surface area contributed by atoms with Gasteiger partial charge in [-0.2, -0.15) is 5.10 Å². The molecule has 0 aliphatic carbocycles. The predicted octanol–water partition coefficient (Wildman–Crippen LogP) is 1.31. The van der Waals surface area contributed by atoms with E-state index in [-0.39, 0.29) is 40.0 Å². The van der Waals surface area contributed by atoms with Crippen LogP contribution in [0.2, 0.25) is 0 Å². The Morgan fingerprint density at radius 3 is 2.78 bits per heavy atom. The van der Waals surface area contributed by atoms with Crippen molar-refractivity contribution < 1.29 is 23.1 Å². The predicted molar refractivity (Wildman–Crippen MR) is 81.7 cm³/mol. The second-order valence-corrected chi connectivity index (χ2v) is 7.34. The van der Waals surface area contributed by atoms with Gasteiger partial charge in [0.15, 0.2) is 15.6 Å². The van der Waals surface area contributed by atoms with Crippen molar-refractivity contribution in [1.29, 1.82) is 0 Å². The molecule has 0 amide bonds. The number of hydrogen-bond acceptors (Lipinski definition) is 6. The van der Waals surface area contributed by atoms with E-state index in [0.717, 1.165) is 0 Å². The minimum absolute atomic E-state index is 0.0623. The molecule has 122 valence electrons. The van der Waals surface area contributed by atoms with Crippen LogP contribution in [0.3, 0.4) is 0 Å². The maximum absolute atomic E-state index is 12.6. The molecule has 7 nitrogen and oxygen atoms in total. The quantitative estimate of drug-likeness (QED) is 0.849. The highest BCUT2D eigenvalue weighted by Gasteiger charge is 2.29. The topological polar surface area (TPSA) is 98.5 Å². The van der Waals surface area contributed by atoms with Crippen LogP contribution in [-0.2, 0) is 16.4 Å². The van der Waals surface area contributed by atoms with E-state index in [0.29, 0.717) is 12.1 Å². The van der Waals surface area contributed by atoms with E-state index >= 15 is 0 Å². The summed E-state index contributed by atoms with van der Waals surface area (Å²) in [7, 11) is -3.38. The maximum Gasteiger partial charge on any atom is 0.220 e. The Morgan fingerprint density at radius 1 is 1.39 bits per heavy atom. The molecule has 2 aromatic rings. The fourth-order valence-electron chi connectivity index (χ4n) is 2.62. The van der Waals surface area contributed by atoms with Crippen LogP contribution in [0.15, 0.2) is 23.2 Å². The third-order valence-corrected chi connectivity index (χ3v) is 5.60. The molecular formula is C15H16N2O5S. The number of aromatic hydroxyl groups is 1. The van der Waals surface area contributed by atoms with Crippen LogP contribution in [0.25, 0.3) is 0 Å². The monoisotopic (exact) mass is 336 g/mol. The molecule has 1 N–H and O–H groups in total. The summed E-state index contributed by atoms with van der Waals surface area (Å²) in [5.41, 5.74) is 0.805. The van der Waals surface area contributed by atoms with E-state index in [2.05, 4.69) is 5.10 Å². The van der Waals surface area contributed by atoms with Crippen LogP contribution in [0, 0.1) is 6.92 Å². The molecule has 1 aliphatic rings. The molecule has 2 heterocycles. The lowest BCUT2D eigenvalue weighted by atomic mass is 10.00. The number of aromatic nitrogens is 2. The number of carbonyl (C=O) groups excluding carboxylic acids is 1. The Labute approximate surface area is 133 Å². The minimum atomic E-state index is -3.38. The average Bonchev–Trinajstić information content (AvgIpc) is 2.88. The van der Waals surface area contributed by atoms with Crippen molar-refractivity contribution >= 4 is 15.6 Å². The second kappa shape index (κ2) is 5.38. The van der Waals surface area contributed by atoms with E-state index in [1.807, 2.05) is 0 Å². The van der Waals surface area contributed by atoms with Gasteiger partial charge in [-0.1, -0.05) is 0 Å². The van der Waals surface area contributed by atoms with Gasteiger partial charge in [-0.05, 0) is 26.0 Å². The number of fused-ring (bicyclic) bond motifs is 1. The first-order valence-corrected chi connectivity index (χ1v) is 8.80. The van der Waals surface area contributed by atoms with Gasteiger partial charge in [0.25, 0.3) is 0 Å². The average molecular weight is 336 g/mol. The minimum Gasteiger partial charge on any atom is -0.493 e. The number of ketones is 1. The number of nitrogens with zero attached hydrogens (tertiary/aromatic N) is 2. The first-order chi connectivity index (χ1) is 10.9. The number of rotatable bonds is 3. The van der Waals surface area contributed by atoms with Crippen molar-refractivity contribution in [1.82, 2.24) is 9.78 Å². The Balaban J connectivity index is 2.11. The number of carbonyl (C=O) groups is 1. The lowest BCUT2D eigenvalue weighted by Gasteiger charge is -2.20. The normalized spacial score (nSPS) is 15.7. The van der Waals surface area contributed by atoms with Crippen molar-refractivity contribution in [2.24, 2.45) is 0 Å². The number of benzene rings is 1. The molecule has 0 atom stereocenters. The fourth-order valence-corrected chi connectivity index (χ4v) is 3.91. The number of ether oxygens (including phenoxy) is 1. The molecule has 8 heteroatoms. The third kappa shape index (κ3) is 2.39. The first-order valence-electron chi connectivity index (χ1n) is 7.15. The van der Waals surface area contributed by atoms with E-state index in [1.54, 1.807) is 13.8 Å². The highest BCUT2D eigenvalue weighted by molar-refractivity contribution is 7.91. The Bertz CT molecular complexity index is 899. The Morgan fingerprint density at radius 2 is 2.13 bits per heavy atom. The summed E-state index contributed by atoms with van der Waals surface area (Å²) in [4.78, 5) is 12.7. The highest BCUT2D eigenvalue weighted by Crippen LogP contribution is 2.35. The smallest absolute Gasteiger partial charge is 0.220 e. The van der Waals surface area contributed by atoms with Gasteiger partial charge in [0.05, 0.1) is 11.9 Å². The molecule has 1 aromatic heterocycles. The molecule has 0 saturated heterocycles. The third-order valence-electron chi connectivity index (χ3n) is 3.90. The van der Waals surface area contributed by atoms with Crippen molar-refractivity contribution in [2.45, 2.75) is 25.3 Å². The summed E-state index contributed by atoms with van der Waals surface area (Å²) >= 11 is 0. The lowest BCUT2D eigenvalue weighted by molar-refractivity contribution is 0.103. The first kappa shape index (κ1) is 15.5. The van der Waals surface area contributed by atoms with E-state index in [9.17, 15) is 18.3 Å². The summed E-state index contributed by atoms with van der Waals surface area (Å²) in [6, 6.07) is 2.83. The van der Waals surface area contributed by atoms with E-state index in [1.165, 1.54) is 23.0 Å². The molecule has 0 radical (unpaired) electrons. The van der Waals surface area contributed by atoms with Gasteiger partial charge >= 0.3 is 0 Å². The summed E-state index contributed by atoms with van der Waals surface area (Å²) in [6.07, 6.45) is 1.30. The molecule has 1 aliphatic heterocycles. The lowest BCUT2D eigenvalue weighted by Crippen LogP contribution is -2.22. The van der Waals surface area contributed by atoms with Gasteiger partial charge in [-0.15, -0.1) is 0 Å². The van der Waals surface area contributed by atoms with E-state index in [4.69, 9.17) is 4.74 Å². The van der Waals surface area contributed by atoms with Crippen LogP contribution < -0.4 is 4.74 Å². The summed E-state index contributed by atoms with van der Waals surface area (Å²) in [5, 5.41) is 14.0. The zero-order valence-electron chi connectivity index (χ0n) is 12.7. The van der Waals surface area contributed by atoms with Crippen LogP contribution in [0.5, 0.6) is 11.6 Å². The van der Waals surface area contributed by atoms with Gasteiger partial charge in [0.2, 0.25) is 5.88 Å². The van der Waals surface area contributed by atoms with Crippen LogP contribution >= 0.6 is 0 Å². The van der Waals surface area contributed by atoms with Crippen LogP contribution in [-0.4, -0.2) is 41.4 Å². The number of hydrogen-bond donors (Lipinski definition) is 1. The van der Waals surface area contributed by atoms with Crippen molar-refractivity contribution in [3.63, 3.8) is 0 Å². The fraction of sp³-hybridized carbons (Fsp3) is 0.333. The molecule has 0 bridgehead atoms. The number of sulfone groups is 1. The van der Waals surface area contributed by atoms with Gasteiger partial charge in [-0.25, -0.2) is 13.1 Å². The Hall–Kier alpha value is -2.35. The standard InChI is InChI=1S/C15H16N2O5S/c1-3-17-15(19)11(8-16-17)13(18)10-4-5-12-14(9(10)2)22-6-7-23(12,20)21/h4-5,8,19H,3,6-7H2,1-2H3. The maximum atomic E-state index is 12.6. The summed E-state index contributed by atoms with van der Waals surface area (Å²) in [5.74, 6) is -0.488. The van der Waals surface area contributed by atoms with Crippen LogP contribution in [0.4, 0.5) is 0 Å². The number of aryl methyl sites for hydroxylation is 1. The van der Waals surface area contributed by atoms with Crippen molar-refractivity contribution in [2.75, 3.05) is 12.4 Å². The van der Waals surface area contributed by atoms with Crippen LogP contribution in [0.1, 0.15) is 28.4 Å². The molecule has 0 saturated carbocycles. The molecule has 0 fully saturated rings. The highest BCUT2D eigenvalue weighted by atomic mass is 32.2. The second-order valence-electron chi connectivity index (χ2n) is 5.26. The molecule has 23 heavy (non-hydrogen) atoms. The molecule has 0 unspecified atom stereocenters. The van der Waals surface area contributed by atoms with Gasteiger partial charge in [0, 0.05) is 17.7 Å². The molecule has 3 rings (SSSR count).